The van der Waals surface area contributed by atoms with E-state index >= 15 is 0 Å². The van der Waals surface area contributed by atoms with Crippen molar-refractivity contribution in [1.29, 1.82) is 0 Å². The molecule has 1 aliphatic heterocycles. The number of likely N-dealkylation sites (tertiary alicyclic amines) is 1. The number of anilines is 1. The molecule has 0 atom stereocenters. The standard InChI is InChI=1S/C19H19FN4OS/c1-12-15-16(17(26-12)19(25)24-8-4-5-9-24)22-11-23-18(15)21-10-13-6-2-3-7-14(13)20/h2-3,6-7,11H,4-5,8-10H2,1H3,(H,21,22,23). The molecule has 0 unspecified atom stereocenters. The Labute approximate surface area is 154 Å². The van der Waals surface area contributed by atoms with Crippen molar-refractivity contribution < 1.29 is 9.18 Å². The smallest absolute Gasteiger partial charge is 0.266 e. The average Bonchev–Trinajstić information content (AvgIpc) is 3.29. The summed E-state index contributed by atoms with van der Waals surface area (Å²) >= 11 is 1.45. The molecule has 1 saturated heterocycles. The summed E-state index contributed by atoms with van der Waals surface area (Å²) in [6, 6.07) is 6.65. The van der Waals surface area contributed by atoms with E-state index in [1.54, 1.807) is 18.2 Å². The molecule has 1 amide bonds. The highest BCUT2D eigenvalue weighted by Gasteiger charge is 2.25. The van der Waals surface area contributed by atoms with Gasteiger partial charge < -0.3 is 10.2 Å². The van der Waals surface area contributed by atoms with Gasteiger partial charge in [-0.3, -0.25) is 4.79 Å². The molecule has 7 heteroatoms. The summed E-state index contributed by atoms with van der Waals surface area (Å²) in [4.78, 5) is 25.0. The van der Waals surface area contributed by atoms with Crippen LogP contribution in [0.4, 0.5) is 10.2 Å². The molecule has 2 aromatic heterocycles. The maximum absolute atomic E-state index is 13.8. The molecule has 1 aromatic carbocycles. The van der Waals surface area contributed by atoms with Crippen LogP contribution in [0.2, 0.25) is 0 Å². The van der Waals surface area contributed by atoms with Gasteiger partial charge in [-0.15, -0.1) is 11.3 Å². The fourth-order valence-electron chi connectivity index (χ4n) is 3.31. The monoisotopic (exact) mass is 370 g/mol. The van der Waals surface area contributed by atoms with Crippen molar-refractivity contribution in [3.05, 3.63) is 51.7 Å². The summed E-state index contributed by atoms with van der Waals surface area (Å²) in [5.41, 5.74) is 1.25. The van der Waals surface area contributed by atoms with Crippen LogP contribution in [0.1, 0.15) is 33.0 Å². The quantitative estimate of drug-likeness (QED) is 0.754. The molecular weight excluding hydrogens is 351 g/mol. The molecule has 5 nitrogen and oxygen atoms in total. The van der Waals surface area contributed by atoms with Crippen molar-refractivity contribution in [3.8, 4) is 0 Å². The Hall–Kier alpha value is -2.54. The predicted octanol–water partition coefficient (Wildman–Crippen LogP) is 3.99. The van der Waals surface area contributed by atoms with E-state index in [-0.39, 0.29) is 11.7 Å². The molecule has 26 heavy (non-hydrogen) atoms. The SMILES string of the molecule is Cc1sc(C(=O)N2CCCC2)c2ncnc(NCc3ccccc3F)c12. The molecule has 4 rings (SSSR count). The van der Waals surface area contributed by atoms with E-state index < -0.39 is 0 Å². The lowest BCUT2D eigenvalue weighted by molar-refractivity contribution is 0.0799. The number of hydrogen-bond acceptors (Lipinski definition) is 5. The van der Waals surface area contributed by atoms with E-state index in [1.807, 2.05) is 11.8 Å². The van der Waals surface area contributed by atoms with Crippen molar-refractivity contribution in [1.82, 2.24) is 14.9 Å². The van der Waals surface area contributed by atoms with E-state index in [2.05, 4.69) is 15.3 Å². The third-order valence-corrected chi connectivity index (χ3v) is 5.74. The highest BCUT2D eigenvalue weighted by Crippen LogP contribution is 2.34. The van der Waals surface area contributed by atoms with Crippen molar-refractivity contribution >= 4 is 34.0 Å². The number of aromatic nitrogens is 2. The number of nitrogens with zero attached hydrogens (tertiary/aromatic N) is 3. The predicted molar refractivity (Wildman–Crippen MR) is 101 cm³/mol. The zero-order chi connectivity index (χ0) is 18.1. The van der Waals surface area contributed by atoms with Gasteiger partial charge >= 0.3 is 0 Å². The first-order valence-electron chi connectivity index (χ1n) is 8.66. The van der Waals surface area contributed by atoms with E-state index in [0.29, 0.717) is 28.3 Å². The molecule has 0 bridgehead atoms. The summed E-state index contributed by atoms with van der Waals surface area (Å²) < 4.78 is 13.8. The molecule has 134 valence electrons. The van der Waals surface area contributed by atoms with E-state index in [9.17, 15) is 9.18 Å². The van der Waals surface area contributed by atoms with Crippen molar-refractivity contribution in [2.75, 3.05) is 18.4 Å². The lowest BCUT2D eigenvalue weighted by Crippen LogP contribution is -2.27. The van der Waals surface area contributed by atoms with Gasteiger partial charge in [0.2, 0.25) is 0 Å². The number of halogens is 1. The number of carbonyl (C=O) groups is 1. The van der Waals surface area contributed by atoms with Gasteiger partial charge in [-0.25, -0.2) is 14.4 Å². The minimum absolute atomic E-state index is 0.0457. The van der Waals surface area contributed by atoms with E-state index in [4.69, 9.17) is 0 Å². The van der Waals surface area contributed by atoms with Crippen LogP contribution in [0.5, 0.6) is 0 Å². The Morgan fingerprint density at radius 2 is 2.04 bits per heavy atom. The fourth-order valence-corrected chi connectivity index (χ4v) is 4.38. The second-order valence-electron chi connectivity index (χ2n) is 6.38. The number of amides is 1. The zero-order valence-corrected chi connectivity index (χ0v) is 15.3. The second-order valence-corrected chi connectivity index (χ2v) is 7.60. The van der Waals surface area contributed by atoms with Gasteiger partial charge in [-0.05, 0) is 25.8 Å². The first kappa shape index (κ1) is 16.9. The van der Waals surface area contributed by atoms with Gasteiger partial charge in [0.05, 0.1) is 10.9 Å². The average molecular weight is 370 g/mol. The van der Waals surface area contributed by atoms with E-state index in [0.717, 1.165) is 36.2 Å². The number of rotatable bonds is 4. The molecule has 3 aromatic rings. The highest BCUT2D eigenvalue weighted by atomic mass is 32.1. The number of hydrogen-bond donors (Lipinski definition) is 1. The summed E-state index contributed by atoms with van der Waals surface area (Å²) in [6.07, 6.45) is 3.57. The van der Waals surface area contributed by atoms with Crippen LogP contribution in [-0.2, 0) is 6.54 Å². The molecule has 0 radical (unpaired) electrons. The lowest BCUT2D eigenvalue weighted by Gasteiger charge is -2.13. The number of benzene rings is 1. The summed E-state index contributed by atoms with van der Waals surface area (Å²) in [5, 5.41) is 4.04. The Bertz CT molecular complexity index is 965. The third kappa shape index (κ3) is 3.03. The van der Waals surface area contributed by atoms with E-state index in [1.165, 1.54) is 23.7 Å². The summed E-state index contributed by atoms with van der Waals surface area (Å²) in [6.45, 7) is 3.90. The lowest BCUT2D eigenvalue weighted by atomic mass is 10.2. The van der Waals surface area contributed by atoms with Crippen LogP contribution in [0, 0.1) is 12.7 Å². The summed E-state index contributed by atoms with van der Waals surface area (Å²) in [5.74, 6) is 0.425. The minimum atomic E-state index is -0.253. The molecule has 0 aliphatic carbocycles. The molecule has 1 N–H and O–H groups in total. The molecule has 1 fully saturated rings. The van der Waals surface area contributed by atoms with Crippen LogP contribution >= 0.6 is 11.3 Å². The van der Waals surface area contributed by atoms with Gasteiger partial charge in [0.25, 0.3) is 5.91 Å². The summed E-state index contributed by atoms with van der Waals surface area (Å²) in [7, 11) is 0. The van der Waals surface area contributed by atoms with Crippen molar-refractivity contribution in [2.45, 2.75) is 26.3 Å². The minimum Gasteiger partial charge on any atom is -0.365 e. The maximum Gasteiger partial charge on any atom is 0.266 e. The normalized spacial score (nSPS) is 14.2. The first-order chi connectivity index (χ1) is 12.6. The number of nitrogens with one attached hydrogen (secondary N) is 1. The maximum atomic E-state index is 13.8. The van der Waals surface area contributed by atoms with Gasteiger partial charge in [-0.2, -0.15) is 0 Å². The highest BCUT2D eigenvalue weighted by molar-refractivity contribution is 7.15. The van der Waals surface area contributed by atoms with Crippen molar-refractivity contribution in [3.63, 3.8) is 0 Å². The Morgan fingerprint density at radius 1 is 1.27 bits per heavy atom. The number of aryl methyl sites for hydroxylation is 1. The fraction of sp³-hybridized carbons (Fsp3) is 0.316. The van der Waals surface area contributed by atoms with Gasteiger partial charge in [0, 0.05) is 30.1 Å². The van der Waals surface area contributed by atoms with Gasteiger partial charge in [0.15, 0.2) is 0 Å². The zero-order valence-electron chi connectivity index (χ0n) is 14.5. The van der Waals surface area contributed by atoms with Crippen molar-refractivity contribution in [2.24, 2.45) is 0 Å². The van der Waals surface area contributed by atoms with Crippen LogP contribution in [0.25, 0.3) is 10.9 Å². The topological polar surface area (TPSA) is 58.1 Å². The molecular formula is C19H19FN4OS. The van der Waals surface area contributed by atoms with Crippen LogP contribution in [0.3, 0.4) is 0 Å². The molecule has 0 spiro atoms. The van der Waals surface area contributed by atoms with Crippen LogP contribution in [0.15, 0.2) is 30.6 Å². The first-order valence-corrected chi connectivity index (χ1v) is 9.47. The Morgan fingerprint density at radius 3 is 2.81 bits per heavy atom. The molecule has 3 heterocycles. The van der Waals surface area contributed by atoms with Gasteiger partial charge in [0.1, 0.15) is 22.8 Å². The number of carbonyl (C=O) groups excluding carboxylic acids is 1. The van der Waals surface area contributed by atoms with Crippen LogP contribution in [-0.4, -0.2) is 33.9 Å². The second kappa shape index (κ2) is 6.99. The third-order valence-electron chi connectivity index (χ3n) is 4.66. The number of fused-ring (bicyclic) bond motifs is 1. The van der Waals surface area contributed by atoms with Gasteiger partial charge in [-0.1, -0.05) is 18.2 Å². The molecule has 1 aliphatic rings. The van der Waals surface area contributed by atoms with Crippen LogP contribution < -0.4 is 5.32 Å². The largest absolute Gasteiger partial charge is 0.365 e. The Kier molecular flexibility index (Phi) is 4.55. The molecule has 0 saturated carbocycles. The Balaban J connectivity index is 1.66. The number of thiophene rings is 1.